The molecule has 2 N–H and O–H groups in total. The third kappa shape index (κ3) is 2.31. The number of rotatable bonds is 2. The van der Waals surface area contributed by atoms with Crippen molar-refractivity contribution in [1.29, 1.82) is 0 Å². The van der Waals surface area contributed by atoms with Crippen LogP contribution in [-0.2, 0) is 5.41 Å². The van der Waals surface area contributed by atoms with Gasteiger partial charge in [0.25, 0.3) is 0 Å². The Hall–Kier alpha value is -0.820. The Morgan fingerprint density at radius 1 is 1.08 bits per heavy atom. The first kappa shape index (κ1) is 10.3. The molecule has 0 aromatic heterocycles. The number of hydrogen-bond acceptors (Lipinski definition) is 1. The van der Waals surface area contributed by atoms with Gasteiger partial charge in [-0.2, -0.15) is 0 Å². The molecule has 0 atom stereocenters. The van der Waals surface area contributed by atoms with Crippen molar-refractivity contribution < 1.29 is 0 Å². The summed E-state index contributed by atoms with van der Waals surface area (Å²) in [5.74, 6) is 0. The molecule has 0 spiro atoms. The minimum absolute atomic E-state index is 0.0940. The molecule has 0 aliphatic carbocycles. The normalized spacial score (nSPS) is 11.8. The van der Waals surface area contributed by atoms with Crippen LogP contribution in [-0.4, -0.2) is 6.54 Å². The van der Waals surface area contributed by atoms with Crippen LogP contribution in [0.1, 0.15) is 30.5 Å². The molecular formula is C12H19N. The lowest BCUT2D eigenvalue weighted by atomic mass is 9.83. The molecule has 0 radical (unpaired) electrons. The summed E-state index contributed by atoms with van der Waals surface area (Å²) in [5, 5.41) is 0. The molecule has 1 aromatic rings. The number of benzene rings is 1. The van der Waals surface area contributed by atoms with Gasteiger partial charge in [-0.1, -0.05) is 43.2 Å². The van der Waals surface area contributed by atoms with E-state index >= 15 is 0 Å². The van der Waals surface area contributed by atoms with E-state index in [1.54, 1.807) is 0 Å². The van der Waals surface area contributed by atoms with E-state index in [1.165, 1.54) is 16.7 Å². The summed E-state index contributed by atoms with van der Waals surface area (Å²) >= 11 is 0. The zero-order valence-corrected chi connectivity index (χ0v) is 9.02. The highest BCUT2D eigenvalue weighted by Gasteiger charge is 2.18. The van der Waals surface area contributed by atoms with Crippen molar-refractivity contribution in [3.63, 3.8) is 0 Å². The summed E-state index contributed by atoms with van der Waals surface area (Å²) < 4.78 is 0. The maximum absolute atomic E-state index is 5.74. The summed E-state index contributed by atoms with van der Waals surface area (Å²) in [6.07, 6.45) is 0. The van der Waals surface area contributed by atoms with Crippen LogP contribution >= 0.6 is 0 Å². The summed E-state index contributed by atoms with van der Waals surface area (Å²) in [7, 11) is 0. The highest BCUT2D eigenvalue weighted by Crippen LogP contribution is 2.23. The third-order valence-corrected chi connectivity index (χ3v) is 2.51. The molecule has 1 heteroatoms. The minimum atomic E-state index is 0.0940. The van der Waals surface area contributed by atoms with Gasteiger partial charge < -0.3 is 5.73 Å². The second-order valence-corrected chi connectivity index (χ2v) is 4.46. The first-order chi connectivity index (χ1) is 5.95. The molecule has 0 aliphatic rings. The van der Waals surface area contributed by atoms with Gasteiger partial charge in [0.05, 0.1) is 0 Å². The molecular weight excluding hydrogens is 158 g/mol. The monoisotopic (exact) mass is 177 g/mol. The van der Waals surface area contributed by atoms with Crippen molar-refractivity contribution in [2.75, 3.05) is 6.54 Å². The van der Waals surface area contributed by atoms with Crippen LogP contribution in [0.3, 0.4) is 0 Å². The van der Waals surface area contributed by atoms with E-state index in [1.807, 2.05) is 0 Å². The van der Waals surface area contributed by atoms with Crippen LogP contribution in [0, 0.1) is 13.8 Å². The molecule has 0 bridgehead atoms. The van der Waals surface area contributed by atoms with Crippen LogP contribution < -0.4 is 5.73 Å². The summed E-state index contributed by atoms with van der Waals surface area (Å²) in [6, 6.07) is 6.63. The van der Waals surface area contributed by atoms with E-state index in [2.05, 4.69) is 45.9 Å². The van der Waals surface area contributed by atoms with Gasteiger partial charge in [0.1, 0.15) is 0 Å². The lowest BCUT2D eigenvalue weighted by Crippen LogP contribution is -2.28. The lowest BCUT2D eigenvalue weighted by molar-refractivity contribution is 0.538. The molecule has 0 aliphatic heterocycles. The number of aryl methyl sites for hydroxylation is 2. The van der Waals surface area contributed by atoms with E-state index in [9.17, 15) is 0 Å². The maximum Gasteiger partial charge on any atom is 0.00192 e. The Morgan fingerprint density at radius 3 is 1.92 bits per heavy atom. The van der Waals surface area contributed by atoms with E-state index < -0.39 is 0 Å². The lowest BCUT2D eigenvalue weighted by Gasteiger charge is -2.24. The Morgan fingerprint density at radius 2 is 1.54 bits per heavy atom. The Bertz CT molecular complexity index is 280. The highest BCUT2D eigenvalue weighted by atomic mass is 14.6. The third-order valence-electron chi connectivity index (χ3n) is 2.51. The summed E-state index contributed by atoms with van der Waals surface area (Å²) in [6.45, 7) is 9.31. The predicted molar refractivity (Wildman–Crippen MR) is 58.0 cm³/mol. The van der Waals surface area contributed by atoms with Gasteiger partial charge in [-0.25, -0.2) is 0 Å². The molecule has 1 rings (SSSR count). The molecule has 72 valence electrons. The van der Waals surface area contributed by atoms with Crippen molar-refractivity contribution in [2.45, 2.75) is 33.1 Å². The Labute approximate surface area is 81.0 Å². The molecule has 0 saturated carbocycles. The SMILES string of the molecule is Cc1cc(C)cc(C(C)(C)CN)c1. The smallest absolute Gasteiger partial charge is 0.00192 e. The summed E-state index contributed by atoms with van der Waals surface area (Å²) in [4.78, 5) is 0. The fraction of sp³-hybridized carbons (Fsp3) is 0.500. The predicted octanol–water partition coefficient (Wildman–Crippen LogP) is 2.54. The molecule has 1 nitrogen and oxygen atoms in total. The average molecular weight is 177 g/mol. The molecule has 0 fully saturated rings. The van der Waals surface area contributed by atoms with Crippen molar-refractivity contribution in [1.82, 2.24) is 0 Å². The van der Waals surface area contributed by atoms with Crippen molar-refractivity contribution in [3.05, 3.63) is 34.9 Å². The van der Waals surface area contributed by atoms with Gasteiger partial charge in [0.2, 0.25) is 0 Å². The molecule has 0 amide bonds. The Balaban J connectivity index is 3.15. The molecule has 13 heavy (non-hydrogen) atoms. The van der Waals surface area contributed by atoms with Crippen LogP contribution in [0.25, 0.3) is 0 Å². The zero-order chi connectivity index (χ0) is 10.1. The van der Waals surface area contributed by atoms with E-state index in [0.29, 0.717) is 6.54 Å². The van der Waals surface area contributed by atoms with Gasteiger partial charge in [-0.3, -0.25) is 0 Å². The van der Waals surface area contributed by atoms with Gasteiger partial charge in [0.15, 0.2) is 0 Å². The first-order valence-corrected chi connectivity index (χ1v) is 4.74. The van der Waals surface area contributed by atoms with Crippen molar-refractivity contribution >= 4 is 0 Å². The molecule has 1 aromatic carbocycles. The fourth-order valence-corrected chi connectivity index (χ4v) is 1.48. The molecule has 0 saturated heterocycles. The first-order valence-electron chi connectivity index (χ1n) is 4.74. The second-order valence-electron chi connectivity index (χ2n) is 4.46. The number of hydrogen-bond donors (Lipinski definition) is 1. The van der Waals surface area contributed by atoms with E-state index in [-0.39, 0.29) is 5.41 Å². The van der Waals surface area contributed by atoms with Crippen molar-refractivity contribution in [2.24, 2.45) is 5.73 Å². The van der Waals surface area contributed by atoms with E-state index in [4.69, 9.17) is 5.73 Å². The van der Waals surface area contributed by atoms with E-state index in [0.717, 1.165) is 0 Å². The van der Waals surface area contributed by atoms with Gasteiger partial charge in [0, 0.05) is 12.0 Å². The van der Waals surface area contributed by atoms with Crippen LogP contribution in [0.4, 0.5) is 0 Å². The number of nitrogens with two attached hydrogens (primary N) is 1. The highest BCUT2D eigenvalue weighted by molar-refractivity contribution is 5.33. The summed E-state index contributed by atoms with van der Waals surface area (Å²) in [5.41, 5.74) is 9.81. The van der Waals surface area contributed by atoms with Crippen LogP contribution in [0.5, 0.6) is 0 Å². The van der Waals surface area contributed by atoms with Gasteiger partial charge in [-0.15, -0.1) is 0 Å². The Kier molecular flexibility index (Phi) is 2.77. The topological polar surface area (TPSA) is 26.0 Å². The van der Waals surface area contributed by atoms with Crippen LogP contribution in [0.15, 0.2) is 18.2 Å². The molecule has 0 unspecified atom stereocenters. The molecule has 0 heterocycles. The van der Waals surface area contributed by atoms with Crippen LogP contribution in [0.2, 0.25) is 0 Å². The standard InChI is InChI=1S/C12H19N/c1-9-5-10(2)7-11(6-9)12(3,4)8-13/h5-7H,8,13H2,1-4H3. The largest absolute Gasteiger partial charge is 0.330 e. The van der Waals surface area contributed by atoms with Gasteiger partial charge >= 0.3 is 0 Å². The fourth-order valence-electron chi connectivity index (χ4n) is 1.48. The average Bonchev–Trinajstić information content (AvgIpc) is 2.02. The van der Waals surface area contributed by atoms with Crippen molar-refractivity contribution in [3.8, 4) is 0 Å². The second kappa shape index (κ2) is 3.51. The zero-order valence-electron chi connectivity index (χ0n) is 9.02. The minimum Gasteiger partial charge on any atom is -0.330 e. The van der Waals surface area contributed by atoms with Gasteiger partial charge in [-0.05, 0) is 19.4 Å². The maximum atomic E-state index is 5.74. The quantitative estimate of drug-likeness (QED) is 0.738.